The largest absolute Gasteiger partial charge is 0.480 e. The highest BCUT2D eigenvalue weighted by Gasteiger charge is 2.52. The number of benzene rings is 1. The maximum absolute atomic E-state index is 13.4. The van der Waals surface area contributed by atoms with E-state index in [-0.39, 0.29) is 18.2 Å². The predicted octanol–water partition coefficient (Wildman–Crippen LogP) is 2.45. The van der Waals surface area contributed by atoms with Crippen molar-refractivity contribution in [2.24, 2.45) is 5.73 Å². The van der Waals surface area contributed by atoms with Gasteiger partial charge in [-0.2, -0.15) is 0 Å². The van der Waals surface area contributed by atoms with E-state index in [4.69, 9.17) is 10.8 Å². The molecule has 0 spiro atoms. The Morgan fingerprint density at radius 2 is 2.12 bits per heavy atom. The standard InChI is InChI=1S/C11H11BrFNO2.ClH/c12-7-2-1-6(5-8(7)13)11(3-4-11)9(14)10(15)16;/h1-2,5,9H,3-4,14H2,(H,15,16);1H/t9-;/m0./s1. The monoisotopic (exact) mass is 323 g/mol. The van der Waals surface area contributed by atoms with Gasteiger partial charge in [-0.15, -0.1) is 12.4 Å². The van der Waals surface area contributed by atoms with Gasteiger partial charge < -0.3 is 10.8 Å². The third-order valence-corrected chi connectivity index (χ3v) is 3.79. The van der Waals surface area contributed by atoms with Crippen LogP contribution in [0.3, 0.4) is 0 Å². The molecule has 1 aromatic carbocycles. The molecule has 6 heteroatoms. The van der Waals surface area contributed by atoms with Gasteiger partial charge in [0.2, 0.25) is 0 Å². The lowest BCUT2D eigenvalue weighted by atomic mass is 9.88. The summed E-state index contributed by atoms with van der Waals surface area (Å²) in [6, 6.07) is 3.70. The highest BCUT2D eigenvalue weighted by Crippen LogP contribution is 2.50. The summed E-state index contributed by atoms with van der Waals surface area (Å²) in [6.45, 7) is 0. The van der Waals surface area contributed by atoms with Crippen molar-refractivity contribution in [2.75, 3.05) is 0 Å². The second-order valence-electron chi connectivity index (χ2n) is 4.10. The topological polar surface area (TPSA) is 63.3 Å². The Kier molecular flexibility index (Phi) is 4.17. The van der Waals surface area contributed by atoms with E-state index in [1.807, 2.05) is 0 Å². The number of aliphatic carboxylic acids is 1. The number of halogens is 3. The van der Waals surface area contributed by atoms with E-state index in [1.54, 1.807) is 12.1 Å². The molecule has 0 saturated heterocycles. The number of carbonyl (C=O) groups is 1. The Hall–Kier alpha value is -0.650. The maximum Gasteiger partial charge on any atom is 0.321 e. The number of rotatable bonds is 3. The van der Waals surface area contributed by atoms with Crippen LogP contribution in [0.5, 0.6) is 0 Å². The molecule has 3 N–H and O–H groups in total. The lowest BCUT2D eigenvalue weighted by Crippen LogP contribution is -2.42. The highest BCUT2D eigenvalue weighted by atomic mass is 79.9. The first kappa shape index (κ1) is 14.4. The highest BCUT2D eigenvalue weighted by molar-refractivity contribution is 9.10. The summed E-state index contributed by atoms with van der Waals surface area (Å²) in [4.78, 5) is 10.9. The molecular weight excluding hydrogens is 312 g/mol. The Labute approximate surface area is 113 Å². The zero-order valence-corrected chi connectivity index (χ0v) is 11.2. The summed E-state index contributed by atoms with van der Waals surface area (Å²) in [5, 5.41) is 8.91. The van der Waals surface area contributed by atoms with Crippen LogP contribution < -0.4 is 5.73 Å². The van der Waals surface area contributed by atoms with E-state index in [0.29, 0.717) is 22.9 Å². The molecule has 0 radical (unpaired) electrons. The van der Waals surface area contributed by atoms with E-state index in [0.717, 1.165) is 0 Å². The van der Waals surface area contributed by atoms with E-state index in [1.165, 1.54) is 6.07 Å². The van der Waals surface area contributed by atoms with Crippen molar-refractivity contribution in [2.45, 2.75) is 24.3 Å². The molecule has 94 valence electrons. The molecule has 2 rings (SSSR count). The molecule has 0 aromatic heterocycles. The van der Waals surface area contributed by atoms with Crippen molar-refractivity contribution < 1.29 is 14.3 Å². The maximum atomic E-state index is 13.4. The Morgan fingerprint density at radius 3 is 2.53 bits per heavy atom. The summed E-state index contributed by atoms with van der Waals surface area (Å²) in [6.07, 6.45) is 1.39. The van der Waals surface area contributed by atoms with Crippen LogP contribution in [0, 0.1) is 5.82 Å². The molecule has 0 aliphatic heterocycles. The van der Waals surface area contributed by atoms with Crippen molar-refractivity contribution in [1.82, 2.24) is 0 Å². The van der Waals surface area contributed by atoms with Crippen LogP contribution in [0.2, 0.25) is 0 Å². The van der Waals surface area contributed by atoms with Gasteiger partial charge in [0, 0.05) is 5.41 Å². The lowest BCUT2D eigenvalue weighted by molar-refractivity contribution is -0.139. The van der Waals surface area contributed by atoms with Crippen molar-refractivity contribution in [3.63, 3.8) is 0 Å². The van der Waals surface area contributed by atoms with E-state index in [9.17, 15) is 9.18 Å². The predicted molar refractivity (Wildman–Crippen MR) is 67.9 cm³/mol. The molecule has 17 heavy (non-hydrogen) atoms. The van der Waals surface area contributed by atoms with Crippen molar-refractivity contribution >= 4 is 34.3 Å². The third-order valence-electron chi connectivity index (χ3n) is 3.14. The van der Waals surface area contributed by atoms with E-state index in [2.05, 4.69) is 15.9 Å². The molecular formula is C11H12BrClFNO2. The summed E-state index contributed by atoms with van der Waals surface area (Å²) in [5.41, 5.74) is 5.74. The van der Waals surface area contributed by atoms with Gasteiger partial charge in [-0.3, -0.25) is 4.79 Å². The van der Waals surface area contributed by atoms with Gasteiger partial charge in [0.1, 0.15) is 11.9 Å². The first-order valence-electron chi connectivity index (χ1n) is 4.91. The third kappa shape index (κ3) is 2.46. The van der Waals surface area contributed by atoms with Gasteiger partial charge in [-0.05, 0) is 46.5 Å². The molecule has 1 atom stereocenters. The SMILES string of the molecule is Cl.N[C@@H](C(=O)O)C1(c2ccc(Br)c(F)c2)CC1. The summed E-state index contributed by atoms with van der Waals surface area (Å²) >= 11 is 3.06. The summed E-state index contributed by atoms with van der Waals surface area (Å²) in [5.74, 6) is -1.43. The van der Waals surface area contributed by atoms with Gasteiger partial charge in [0.05, 0.1) is 4.47 Å². The van der Waals surface area contributed by atoms with Gasteiger partial charge in [-0.1, -0.05) is 6.07 Å². The second-order valence-corrected chi connectivity index (χ2v) is 4.96. The number of hydrogen-bond donors (Lipinski definition) is 2. The smallest absolute Gasteiger partial charge is 0.321 e. The number of carboxylic acid groups (broad SMARTS) is 1. The fraction of sp³-hybridized carbons (Fsp3) is 0.364. The van der Waals surface area contributed by atoms with Gasteiger partial charge in [0.15, 0.2) is 0 Å². The summed E-state index contributed by atoms with van der Waals surface area (Å²) in [7, 11) is 0. The second kappa shape index (κ2) is 4.92. The Balaban J connectivity index is 0.00000144. The molecule has 1 aliphatic rings. The molecule has 1 saturated carbocycles. The average molecular weight is 325 g/mol. The van der Waals surface area contributed by atoms with E-state index >= 15 is 0 Å². The minimum Gasteiger partial charge on any atom is -0.480 e. The van der Waals surface area contributed by atoms with Crippen molar-refractivity contribution in [3.05, 3.63) is 34.1 Å². The summed E-state index contributed by atoms with van der Waals surface area (Å²) < 4.78 is 13.7. The first-order valence-corrected chi connectivity index (χ1v) is 5.70. The van der Waals surface area contributed by atoms with Crippen molar-refractivity contribution in [3.8, 4) is 0 Å². The fourth-order valence-electron chi connectivity index (χ4n) is 1.96. The van der Waals surface area contributed by atoms with Crippen LogP contribution in [-0.2, 0) is 10.2 Å². The number of carboxylic acids is 1. The number of nitrogens with two attached hydrogens (primary N) is 1. The zero-order chi connectivity index (χ0) is 11.9. The van der Waals surface area contributed by atoms with Crippen LogP contribution in [0.15, 0.2) is 22.7 Å². The first-order chi connectivity index (χ1) is 7.47. The lowest BCUT2D eigenvalue weighted by Gasteiger charge is -2.20. The molecule has 1 fully saturated rings. The molecule has 0 amide bonds. The van der Waals surface area contributed by atoms with Crippen LogP contribution in [0.4, 0.5) is 4.39 Å². The fourth-order valence-corrected chi connectivity index (χ4v) is 2.20. The molecule has 0 bridgehead atoms. The average Bonchev–Trinajstić information content (AvgIpc) is 3.02. The quantitative estimate of drug-likeness (QED) is 0.897. The van der Waals surface area contributed by atoms with Crippen LogP contribution >= 0.6 is 28.3 Å². The minimum absolute atomic E-state index is 0. The molecule has 1 aliphatic carbocycles. The van der Waals surface area contributed by atoms with Crippen LogP contribution in [0.1, 0.15) is 18.4 Å². The van der Waals surface area contributed by atoms with Crippen LogP contribution in [0.25, 0.3) is 0 Å². The van der Waals surface area contributed by atoms with Gasteiger partial charge in [0.25, 0.3) is 0 Å². The number of hydrogen-bond acceptors (Lipinski definition) is 2. The van der Waals surface area contributed by atoms with Crippen molar-refractivity contribution in [1.29, 1.82) is 0 Å². The minimum atomic E-state index is -1.04. The molecule has 3 nitrogen and oxygen atoms in total. The Morgan fingerprint density at radius 1 is 1.53 bits per heavy atom. The molecule has 0 unspecified atom stereocenters. The normalized spacial score (nSPS) is 18.1. The van der Waals surface area contributed by atoms with E-state index < -0.39 is 17.4 Å². The zero-order valence-electron chi connectivity index (χ0n) is 8.82. The van der Waals surface area contributed by atoms with Gasteiger partial charge >= 0.3 is 5.97 Å². The molecule has 1 aromatic rings. The van der Waals surface area contributed by atoms with Gasteiger partial charge in [-0.25, -0.2) is 4.39 Å². The molecule has 0 heterocycles. The Bertz CT molecular complexity index is 451. The van der Waals surface area contributed by atoms with Crippen LogP contribution in [-0.4, -0.2) is 17.1 Å².